The quantitative estimate of drug-likeness (QED) is 0.236. The Hall–Kier alpha value is -3.62. The van der Waals surface area contributed by atoms with Gasteiger partial charge in [0.15, 0.2) is 0 Å². The second-order valence-corrected chi connectivity index (χ2v) is 11.6. The van der Waals surface area contributed by atoms with Crippen LogP contribution in [0.5, 0.6) is 0 Å². The molecular weight excluding hydrogens is 546 g/mol. The molecule has 2 saturated heterocycles. The highest BCUT2D eigenvalue weighted by molar-refractivity contribution is 5.87. The van der Waals surface area contributed by atoms with E-state index in [0.29, 0.717) is 48.9 Å². The van der Waals surface area contributed by atoms with Gasteiger partial charge in [-0.1, -0.05) is 31.2 Å². The van der Waals surface area contributed by atoms with Crippen molar-refractivity contribution in [2.45, 2.75) is 70.8 Å². The number of urea groups is 1. The zero-order valence-electron chi connectivity index (χ0n) is 24.7. The van der Waals surface area contributed by atoms with Crippen LogP contribution >= 0.6 is 0 Å². The molecule has 0 aromatic heterocycles. The predicted octanol–water partition coefficient (Wildman–Crippen LogP) is 7.62. The van der Waals surface area contributed by atoms with Crippen molar-refractivity contribution in [2.24, 2.45) is 5.41 Å². The largest absolute Gasteiger partial charge is 0.416 e. The molecule has 2 aliphatic heterocycles. The molecule has 2 heterocycles. The van der Waals surface area contributed by atoms with Crippen molar-refractivity contribution in [2.75, 3.05) is 20.1 Å². The molecule has 2 fully saturated rings. The van der Waals surface area contributed by atoms with Crippen molar-refractivity contribution < 1.29 is 27.2 Å². The van der Waals surface area contributed by atoms with Gasteiger partial charge in [-0.2, -0.15) is 13.2 Å². The second-order valence-electron chi connectivity index (χ2n) is 11.6. The maximum atomic E-state index is 14.2. The summed E-state index contributed by atoms with van der Waals surface area (Å²) in [4.78, 5) is 33.0. The van der Waals surface area contributed by atoms with Crippen LogP contribution in [0, 0.1) is 18.2 Å². The summed E-state index contributed by atoms with van der Waals surface area (Å²) >= 11 is 0. The summed E-state index contributed by atoms with van der Waals surface area (Å²) in [6.45, 7) is 13.5. The van der Waals surface area contributed by atoms with E-state index in [1.165, 1.54) is 17.0 Å². The van der Waals surface area contributed by atoms with Crippen LogP contribution in [0.4, 0.5) is 22.4 Å². The first-order valence-corrected chi connectivity index (χ1v) is 14.3. The van der Waals surface area contributed by atoms with Crippen LogP contribution in [0.25, 0.3) is 0 Å². The standard InChI is InChI=1S/C33H39F4N3O2/c1-7-12-32(13-8-2)20-28-29(27-11-10-26(34)16-21(27)4)40(15-14-39(28)30(32)41)31(42)38(6)22(5)24-17-23(9-3)18-25(19-24)33(35,36)37/h7-8,10-11,16-19,22,28-29H,1-2,9,12-15,20H2,3-6H3. The number of allylic oxidation sites excluding steroid dienone is 2. The summed E-state index contributed by atoms with van der Waals surface area (Å²) in [5.41, 5.74) is 0.826. The van der Waals surface area contributed by atoms with Crippen molar-refractivity contribution in [3.05, 3.63) is 95.3 Å². The summed E-state index contributed by atoms with van der Waals surface area (Å²) in [5, 5.41) is 0. The van der Waals surface area contributed by atoms with Gasteiger partial charge >= 0.3 is 12.2 Å². The van der Waals surface area contributed by atoms with E-state index in [1.54, 1.807) is 57.0 Å². The molecule has 3 atom stereocenters. The molecule has 0 radical (unpaired) electrons. The van der Waals surface area contributed by atoms with Crippen LogP contribution in [-0.4, -0.2) is 52.8 Å². The molecule has 3 unspecified atom stereocenters. The van der Waals surface area contributed by atoms with E-state index >= 15 is 0 Å². The number of nitrogens with zero attached hydrogens (tertiary/aromatic N) is 3. The van der Waals surface area contributed by atoms with Crippen molar-refractivity contribution in [1.29, 1.82) is 0 Å². The highest BCUT2D eigenvalue weighted by atomic mass is 19.4. The molecule has 4 rings (SSSR count). The molecule has 3 amide bonds. The molecule has 9 heteroatoms. The molecule has 0 N–H and O–H groups in total. The van der Waals surface area contributed by atoms with Crippen LogP contribution in [-0.2, 0) is 17.4 Å². The number of carbonyl (C=O) groups is 2. The number of hydrogen-bond acceptors (Lipinski definition) is 2. The first-order valence-electron chi connectivity index (χ1n) is 14.3. The molecule has 5 nitrogen and oxygen atoms in total. The third-order valence-electron chi connectivity index (χ3n) is 8.98. The average molecular weight is 586 g/mol. The van der Waals surface area contributed by atoms with Gasteiger partial charge in [-0.15, -0.1) is 13.2 Å². The fraction of sp³-hybridized carbons (Fsp3) is 0.455. The zero-order chi connectivity index (χ0) is 31.0. The number of halogens is 4. The number of carbonyl (C=O) groups excluding carboxylic acids is 2. The van der Waals surface area contributed by atoms with Crippen molar-refractivity contribution >= 4 is 11.9 Å². The molecule has 0 spiro atoms. The van der Waals surface area contributed by atoms with Gasteiger partial charge in [0.05, 0.1) is 29.1 Å². The molecule has 0 bridgehead atoms. The normalized spacial score (nSPS) is 20.7. The maximum absolute atomic E-state index is 14.2. The number of rotatable bonds is 8. The first kappa shape index (κ1) is 31.3. The van der Waals surface area contributed by atoms with E-state index < -0.39 is 35.1 Å². The second kappa shape index (κ2) is 11.9. The number of benzene rings is 2. The van der Waals surface area contributed by atoms with E-state index in [0.717, 1.165) is 17.7 Å². The predicted molar refractivity (Wildman–Crippen MR) is 155 cm³/mol. The first-order chi connectivity index (χ1) is 19.8. The summed E-state index contributed by atoms with van der Waals surface area (Å²) < 4.78 is 55.2. The highest BCUT2D eigenvalue weighted by Crippen LogP contribution is 2.50. The lowest BCUT2D eigenvalue weighted by molar-refractivity contribution is -0.139. The Labute approximate surface area is 245 Å². The van der Waals surface area contributed by atoms with Gasteiger partial charge in [-0.25, -0.2) is 9.18 Å². The average Bonchev–Trinajstić information content (AvgIpc) is 3.22. The molecule has 2 aromatic carbocycles. The van der Waals surface area contributed by atoms with E-state index in [4.69, 9.17) is 0 Å². The van der Waals surface area contributed by atoms with Gasteiger partial charge in [0.25, 0.3) is 0 Å². The van der Waals surface area contributed by atoms with Crippen molar-refractivity contribution in [1.82, 2.24) is 14.7 Å². The third-order valence-corrected chi connectivity index (χ3v) is 8.98. The van der Waals surface area contributed by atoms with Crippen molar-refractivity contribution in [3.63, 3.8) is 0 Å². The molecule has 0 saturated carbocycles. The Morgan fingerprint density at radius 3 is 2.38 bits per heavy atom. The van der Waals surface area contributed by atoms with Gasteiger partial charge in [-0.3, -0.25) is 4.79 Å². The fourth-order valence-corrected chi connectivity index (χ4v) is 6.62. The Kier molecular flexibility index (Phi) is 8.90. The van der Waals surface area contributed by atoms with Crippen LogP contribution in [0.3, 0.4) is 0 Å². The summed E-state index contributed by atoms with van der Waals surface area (Å²) in [6.07, 6.45) is 0.748. The van der Waals surface area contributed by atoms with Gasteiger partial charge in [0.2, 0.25) is 5.91 Å². The third kappa shape index (κ3) is 5.70. The number of aryl methyl sites for hydroxylation is 2. The number of amides is 3. The lowest BCUT2D eigenvalue weighted by Gasteiger charge is -2.47. The van der Waals surface area contributed by atoms with E-state index in [9.17, 15) is 27.2 Å². The lowest BCUT2D eigenvalue weighted by Crippen LogP contribution is -2.57. The smallest absolute Gasteiger partial charge is 0.335 e. The SMILES string of the molecule is C=CCC1(CC=C)CC2C(c3ccc(F)cc3C)N(C(=O)N(C)C(C)c3cc(CC)cc(C(F)(F)F)c3)CCN2C1=O. The molecule has 2 aliphatic rings. The Morgan fingerprint density at radius 2 is 1.81 bits per heavy atom. The van der Waals surface area contributed by atoms with E-state index in [-0.39, 0.29) is 24.5 Å². The van der Waals surface area contributed by atoms with Gasteiger partial charge in [0.1, 0.15) is 5.82 Å². The zero-order valence-corrected chi connectivity index (χ0v) is 24.7. The van der Waals surface area contributed by atoms with Crippen molar-refractivity contribution in [3.8, 4) is 0 Å². The molecule has 0 aliphatic carbocycles. The topological polar surface area (TPSA) is 43.9 Å². The summed E-state index contributed by atoms with van der Waals surface area (Å²) in [7, 11) is 1.58. The van der Waals surface area contributed by atoms with Gasteiger partial charge in [-0.05, 0) is 86.1 Å². The Morgan fingerprint density at radius 1 is 1.14 bits per heavy atom. The molecule has 226 valence electrons. The highest BCUT2D eigenvalue weighted by Gasteiger charge is 2.56. The summed E-state index contributed by atoms with van der Waals surface area (Å²) in [6, 6.07) is 6.39. The number of fused-ring (bicyclic) bond motifs is 1. The number of piperazine rings is 1. The Bertz CT molecular complexity index is 1360. The lowest BCUT2D eigenvalue weighted by atomic mass is 9.76. The molecular formula is C33H39F4N3O2. The molecule has 2 aromatic rings. The minimum Gasteiger partial charge on any atom is -0.335 e. The van der Waals surface area contributed by atoms with Crippen LogP contribution in [0.15, 0.2) is 61.7 Å². The van der Waals surface area contributed by atoms with Crippen LogP contribution in [0.2, 0.25) is 0 Å². The summed E-state index contributed by atoms with van der Waals surface area (Å²) in [5.74, 6) is -0.416. The monoisotopic (exact) mass is 585 g/mol. The minimum atomic E-state index is -4.51. The molecule has 42 heavy (non-hydrogen) atoms. The number of alkyl halides is 3. The minimum absolute atomic E-state index is 0.0121. The van der Waals surface area contributed by atoms with E-state index in [1.807, 2.05) is 4.90 Å². The van der Waals surface area contributed by atoms with Crippen LogP contribution in [0.1, 0.15) is 73.0 Å². The van der Waals surface area contributed by atoms with Gasteiger partial charge in [0, 0.05) is 20.1 Å². The number of hydrogen-bond donors (Lipinski definition) is 0. The Balaban J connectivity index is 1.75. The maximum Gasteiger partial charge on any atom is 0.416 e. The van der Waals surface area contributed by atoms with Crippen LogP contribution < -0.4 is 0 Å². The van der Waals surface area contributed by atoms with Gasteiger partial charge < -0.3 is 14.7 Å². The fourth-order valence-electron chi connectivity index (χ4n) is 6.62. The van der Waals surface area contributed by atoms with E-state index in [2.05, 4.69) is 13.2 Å².